The second kappa shape index (κ2) is 4.00. The van der Waals surface area contributed by atoms with Crippen LogP contribution in [0.15, 0.2) is 24.4 Å². The van der Waals surface area contributed by atoms with Gasteiger partial charge in [0.15, 0.2) is 0 Å². The molecule has 2 aromatic rings. The summed E-state index contributed by atoms with van der Waals surface area (Å²) in [4.78, 5) is 11.3. The van der Waals surface area contributed by atoms with Gasteiger partial charge in [-0.1, -0.05) is 13.0 Å². The SMILES string of the molecule is CCCn1cc(C)c2c(C(N)=O)cccc21. The van der Waals surface area contributed by atoms with Crippen LogP contribution < -0.4 is 5.73 Å². The van der Waals surface area contributed by atoms with Crippen molar-refractivity contribution >= 4 is 16.8 Å². The van der Waals surface area contributed by atoms with Crippen molar-refractivity contribution in [3.05, 3.63) is 35.5 Å². The Morgan fingerprint density at radius 2 is 2.19 bits per heavy atom. The Kier molecular flexibility index (Phi) is 2.69. The molecule has 84 valence electrons. The maximum atomic E-state index is 11.3. The van der Waals surface area contributed by atoms with Gasteiger partial charge in [-0.2, -0.15) is 0 Å². The fraction of sp³-hybridized carbons (Fsp3) is 0.308. The van der Waals surface area contributed by atoms with E-state index in [2.05, 4.69) is 17.7 Å². The number of fused-ring (bicyclic) bond motifs is 1. The van der Waals surface area contributed by atoms with Crippen LogP contribution in [0.3, 0.4) is 0 Å². The maximum absolute atomic E-state index is 11.3. The average Bonchev–Trinajstić information content (AvgIpc) is 2.57. The summed E-state index contributed by atoms with van der Waals surface area (Å²) in [6, 6.07) is 5.70. The van der Waals surface area contributed by atoms with Crippen molar-refractivity contribution in [1.29, 1.82) is 0 Å². The van der Waals surface area contributed by atoms with E-state index in [1.807, 2.05) is 19.1 Å². The third-order valence-corrected chi connectivity index (χ3v) is 2.83. The number of aromatic nitrogens is 1. The average molecular weight is 216 g/mol. The number of hydrogen-bond donors (Lipinski definition) is 1. The molecule has 0 unspecified atom stereocenters. The molecule has 0 saturated carbocycles. The lowest BCUT2D eigenvalue weighted by Crippen LogP contribution is -2.11. The minimum atomic E-state index is -0.358. The third kappa shape index (κ3) is 1.58. The molecule has 0 aliphatic heterocycles. The molecule has 1 aromatic carbocycles. The van der Waals surface area contributed by atoms with Crippen molar-refractivity contribution < 1.29 is 4.79 Å². The van der Waals surface area contributed by atoms with Crippen molar-refractivity contribution in [1.82, 2.24) is 4.57 Å². The largest absolute Gasteiger partial charge is 0.366 e. The summed E-state index contributed by atoms with van der Waals surface area (Å²) in [5.74, 6) is -0.358. The standard InChI is InChI=1S/C13H16N2O/c1-3-7-15-8-9(2)12-10(13(14)16)5-4-6-11(12)15/h4-6,8H,3,7H2,1-2H3,(H2,14,16). The van der Waals surface area contributed by atoms with Crippen LogP contribution in [0.5, 0.6) is 0 Å². The molecule has 3 nitrogen and oxygen atoms in total. The van der Waals surface area contributed by atoms with Gasteiger partial charge in [0, 0.05) is 29.2 Å². The molecule has 3 heteroatoms. The van der Waals surface area contributed by atoms with Gasteiger partial charge in [0.1, 0.15) is 0 Å². The summed E-state index contributed by atoms with van der Waals surface area (Å²) in [5.41, 5.74) is 8.20. The van der Waals surface area contributed by atoms with E-state index in [9.17, 15) is 4.79 Å². The minimum Gasteiger partial charge on any atom is -0.366 e. The van der Waals surface area contributed by atoms with E-state index >= 15 is 0 Å². The molecule has 0 spiro atoms. The monoisotopic (exact) mass is 216 g/mol. The predicted molar refractivity (Wildman–Crippen MR) is 65.5 cm³/mol. The topological polar surface area (TPSA) is 48.0 Å². The lowest BCUT2D eigenvalue weighted by atomic mass is 10.1. The summed E-state index contributed by atoms with van der Waals surface area (Å²) in [6.45, 7) is 5.12. The maximum Gasteiger partial charge on any atom is 0.249 e. The Bertz CT molecular complexity index is 540. The fourth-order valence-electron chi connectivity index (χ4n) is 2.19. The number of benzene rings is 1. The highest BCUT2D eigenvalue weighted by atomic mass is 16.1. The van der Waals surface area contributed by atoms with Crippen LogP contribution >= 0.6 is 0 Å². The van der Waals surface area contributed by atoms with Gasteiger partial charge < -0.3 is 10.3 Å². The van der Waals surface area contributed by atoms with Crippen LogP contribution in [0.2, 0.25) is 0 Å². The number of carbonyl (C=O) groups excluding carboxylic acids is 1. The summed E-state index contributed by atoms with van der Waals surface area (Å²) in [7, 11) is 0. The Balaban J connectivity index is 2.74. The quantitative estimate of drug-likeness (QED) is 0.841. The molecule has 0 radical (unpaired) electrons. The van der Waals surface area contributed by atoms with Gasteiger partial charge in [0.25, 0.3) is 0 Å². The zero-order chi connectivity index (χ0) is 11.7. The highest BCUT2D eigenvalue weighted by Crippen LogP contribution is 2.24. The normalized spacial score (nSPS) is 10.9. The van der Waals surface area contributed by atoms with Gasteiger partial charge in [-0.25, -0.2) is 0 Å². The van der Waals surface area contributed by atoms with E-state index in [4.69, 9.17) is 5.73 Å². The second-order valence-electron chi connectivity index (χ2n) is 4.07. The van der Waals surface area contributed by atoms with E-state index in [1.165, 1.54) is 0 Å². The number of carbonyl (C=O) groups is 1. The highest BCUT2D eigenvalue weighted by Gasteiger charge is 2.12. The Labute approximate surface area is 94.9 Å². The third-order valence-electron chi connectivity index (χ3n) is 2.83. The first-order valence-electron chi connectivity index (χ1n) is 5.53. The van der Waals surface area contributed by atoms with Crippen LogP contribution in [0, 0.1) is 6.92 Å². The molecule has 1 amide bonds. The van der Waals surface area contributed by atoms with Crippen LogP contribution in [0.4, 0.5) is 0 Å². The summed E-state index contributed by atoms with van der Waals surface area (Å²) in [5, 5.41) is 0.989. The molecule has 0 fully saturated rings. The fourth-order valence-corrected chi connectivity index (χ4v) is 2.19. The lowest BCUT2D eigenvalue weighted by Gasteiger charge is -2.03. The molecule has 0 saturated heterocycles. The van der Waals surface area contributed by atoms with E-state index in [1.54, 1.807) is 6.07 Å². The molecule has 0 aliphatic rings. The second-order valence-corrected chi connectivity index (χ2v) is 4.07. The molecule has 0 aliphatic carbocycles. The predicted octanol–water partition coefficient (Wildman–Crippen LogP) is 2.46. The summed E-state index contributed by atoms with van der Waals surface area (Å²) < 4.78 is 2.18. The number of amides is 1. The zero-order valence-corrected chi connectivity index (χ0v) is 9.66. The molecule has 2 rings (SSSR count). The minimum absolute atomic E-state index is 0.358. The smallest absolute Gasteiger partial charge is 0.249 e. The number of rotatable bonds is 3. The highest BCUT2D eigenvalue weighted by molar-refractivity contribution is 6.07. The number of aryl methyl sites for hydroxylation is 2. The van der Waals surface area contributed by atoms with Crippen molar-refractivity contribution in [3.8, 4) is 0 Å². The first-order valence-corrected chi connectivity index (χ1v) is 5.53. The molecule has 1 aromatic heterocycles. The molecule has 16 heavy (non-hydrogen) atoms. The first kappa shape index (κ1) is 10.7. The van der Waals surface area contributed by atoms with Crippen LogP contribution in [-0.4, -0.2) is 10.5 Å². The van der Waals surface area contributed by atoms with E-state index in [0.717, 1.165) is 29.4 Å². The molecule has 1 heterocycles. The molecular formula is C13H16N2O. The zero-order valence-electron chi connectivity index (χ0n) is 9.66. The van der Waals surface area contributed by atoms with Crippen LogP contribution in [0.1, 0.15) is 29.3 Å². The van der Waals surface area contributed by atoms with Crippen LogP contribution in [0.25, 0.3) is 10.9 Å². The van der Waals surface area contributed by atoms with E-state index in [-0.39, 0.29) is 5.91 Å². The van der Waals surface area contributed by atoms with Gasteiger partial charge in [-0.05, 0) is 31.0 Å². The Morgan fingerprint density at radius 3 is 2.81 bits per heavy atom. The van der Waals surface area contributed by atoms with Gasteiger partial charge in [0.05, 0.1) is 0 Å². The van der Waals surface area contributed by atoms with Crippen LogP contribution in [-0.2, 0) is 6.54 Å². The van der Waals surface area contributed by atoms with Crippen molar-refractivity contribution in [2.75, 3.05) is 0 Å². The number of hydrogen-bond acceptors (Lipinski definition) is 1. The van der Waals surface area contributed by atoms with E-state index < -0.39 is 0 Å². The molecule has 0 atom stereocenters. The van der Waals surface area contributed by atoms with Crippen molar-refractivity contribution in [2.45, 2.75) is 26.8 Å². The molecular weight excluding hydrogens is 200 g/mol. The molecule has 0 bridgehead atoms. The molecule has 2 N–H and O–H groups in total. The number of primary amides is 1. The number of nitrogens with zero attached hydrogens (tertiary/aromatic N) is 1. The van der Waals surface area contributed by atoms with Gasteiger partial charge in [0.2, 0.25) is 5.91 Å². The first-order chi connectivity index (χ1) is 7.65. The summed E-state index contributed by atoms with van der Waals surface area (Å²) in [6.07, 6.45) is 3.16. The van der Waals surface area contributed by atoms with E-state index in [0.29, 0.717) is 5.56 Å². The lowest BCUT2D eigenvalue weighted by molar-refractivity contribution is 0.100. The van der Waals surface area contributed by atoms with Crippen molar-refractivity contribution in [3.63, 3.8) is 0 Å². The van der Waals surface area contributed by atoms with Gasteiger partial charge in [-0.15, -0.1) is 0 Å². The van der Waals surface area contributed by atoms with Gasteiger partial charge in [-0.3, -0.25) is 4.79 Å². The number of nitrogens with two attached hydrogens (primary N) is 1. The summed E-state index contributed by atoms with van der Waals surface area (Å²) >= 11 is 0. The Morgan fingerprint density at radius 1 is 1.44 bits per heavy atom. The van der Waals surface area contributed by atoms with Crippen molar-refractivity contribution in [2.24, 2.45) is 5.73 Å². The Hall–Kier alpha value is -1.77. The van der Waals surface area contributed by atoms with Gasteiger partial charge >= 0.3 is 0 Å².